The second-order valence-corrected chi connectivity index (χ2v) is 8.19. The molecule has 1 atom stereocenters. The number of carbonyl (C=O) groups is 1. The molecule has 2 heterocycles. The largest absolute Gasteiger partial charge is 0.489 e. The van der Waals surface area contributed by atoms with E-state index < -0.39 is 0 Å². The van der Waals surface area contributed by atoms with Gasteiger partial charge in [-0.15, -0.1) is 0 Å². The molecule has 0 aliphatic carbocycles. The molecule has 0 bridgehead atoms. The summed E-state index contributed by atoms with van der Waals surface area (Å²) >= 11 is 0. The highest BCUT2D eigenvalue weighted by molar-refractivity contribution is 5.78. The lowest BCUT2D eigenvalue weighted by Gasteiger charge is -2.39. The number of ether oxygens (including phenoxy) is 1. The predicted molar refractivity (Wildman–Crippen MR) is 113 cm³/mol. The van der Waals surface area contributed by atoms with Crippen LogP contribution in [0.3, 0.4) is 0 Å². The molecule has 1 amide bonds. The number of carbonyl (C=O) groups excluding carboxylic acids is 1. The summed E-state index contributed by atoms with van der Waals surface area (Å²) in [6.07, 6.45) is 5.04. The summed E-state index contributed by atoms with van der Waals surface area (Å²) in [6, 6.07) is 12.7. The first-order valence-corrected chi connectivity index (χ1v) is 10.6. The number of rotatable bonds is 4. The second-order valence-electron chi connectivity index (χ2n) is 8.19. The molecule has 5 heteroatoms. The molecular weight excluding hydrogens is 367 g/mol. The number of aryl methyl sites for hydroxylation is 1. The Balaban J connectivity index is 1.56. The van der Waals surface area contributed by atoms with Gasteiger partial charge < -0.3 is 14.5 Å². The molecule has 0 N–H and O–H groups in total. The molecule has 2 aromatic carbocycles. The van der Waals surface area contributed by atoms with Crippen molar-refractivity contribution in [2.24, 2.45) is 0 Å². The molecule has 0 saturated carbocycles. The summed E-state index contributed by atoms with van der Waals surface area (Å²) in [5, 5.41) is 0. The molecule has 2 aliphatic heterocycles. The van der Waals surface area contributed by atoms with E-state index in [0.29, 0.717) is 19.6 Å². The van der Waals surface area contributed by atoms with Crippen LogP contribution in [0, 0.1) is 12.7 Å². The van der Waals surface area contributed by atoms with Crippen LogP contribution in [0.15, 0.2) is 42.5 Å². The highest BCUT2D eigenvalue weighted by Gasteiger charge is 2.31. The Labute approximate surface area is 172 Å². The van der Waals surface area contributed by atoms with Crippen LogP contribution in [-0.2, 0) is 11.3 Å². The third-order valence-corrected chi connectivity index (χ3v) is 5.93. The molecule has 0 spiro atoms. The van der Waals surface area contributed by atoms with Crippen LogP contribution in [-0.4, -0.2) is 36.5 Å². The van der Waals surface area contributed by atoms with Crippen molar-refractivity contribution in [1.82, 2.24) is 4.90 Å². The van der Waals surface area contributed by atoms with Gasteiger partial charge in [-0.25, -0.2) is 4.39 Å². The summed E-state index contributed by atoms with van der Waals surface area (Å²) in [6.45, 7) is 4.87. The number of benzene rings is 2. The molecule has 2 aliphatic rings. The molecule has 2 aromatic rings. The quantitative estimate of drug-likeness (QED) is 0.751. The van der Waals surface area contributed by atoms with Gasteiger partial charge >= 0.3 is 0 Å². The highest BCUT2D eigenvalue weighted by atomic mass is 19.1. The van der Waals surface area contributed by atoms with Crippen LogP contribution in [0.1, 0.15) is 43.2 Å². The van der Waals surface area contributed by atoms with E-state index in [1.54, 1.807) is 0 Å². The second kappa shape index (κ2) is 8.85. The predicted octanol–water partition coefficient (Wildman–Crippen LogP) is 4.69. The van der Waals surface area contributed by atoms with Crippen molar-refractivity contribution in [2.75, 3.05) is 24.6 Å². The Kier molecular flexibility index (Phi) is 6.02. The zero-order valence-electron chi connectivity index (χ0n) is 17.1. The minimum absolute atomic E-state index is 0.0361. The molecule has 0 radical (unpaired) electrons. The molecule has 1 fully saturated rings. The smallest absolute Gasteiger partial charge is 0.224 e. The number of nitrogens with zero attached hydrogens (tertiary/aromatic N) is 2. The van der Waals surface area contributed by atoms with Gasteiger partial charge in [-0.1, -0.05) is 31.0 Å². The lowest BCUT2D eigenvalue weighted by molar-refractivity contribution is -0.131. The van der Waals surface area contributed by atoms with Gasteiger partial charge in [0, 0.05) is 19.6 Å². The topological polar surface area (TPSA) is 32.8 Å². The Hall–Kier alpha value is -2.56. The van der Waals surface area contributed by atoms with E-state index >= 15 is 0 Å². The summed E-state index contributed by atoms with van der Waals surface area (Å²) in [5.74, 6) is 0.824. The Morgan fingerprint density at radius 2 is 1.79 bits per heavy atom. The minimum Gasteiger partial charge on any atom is -0.489 e. The van der Waals surface area contributed by atoms with E-state index in [-0.39, 0.29) is 17.8 Å². The van der Waals surface area contributed by atoms with E-state index in [2.05, 4.69) is 17.0 Å². The van der Waals surface area contributed by atoms with Gasteiger partial charge in [0.15, 0.2) is 0 Å². The lowest BCUT2D eigenvalue weighted by atomic mass is 10.0. The third-order valence-electron chi connectivity index (χ3n) is 5.93. The van der Waals surface area contributed by atoms with Gasteiger partial charge in [0.1, 0.15) is 18.2 Å². The van der Waals surface area contributed by atoms with Crippen molar-refractivity contribution in [3.8, 4) is 5.75 Å². The molecule has 29 heavy (non-hydrogen) atoms. The van der Waals surface area contributed by atoms with Gasteiger partial charge in [-0.2, -0.15) is 0 Å². The first-order valence-electron chi connectivity index (χ1n) is 10.6. The maximum absolute atomic E-state index is 13.4. The summed E-state index contributed by atoms with van der Waals surface area (Å²) in [4.78, 5) is 17.3. The number of anilines is 1. The normalized spacial score (nSPS) is 19.3. The molecule has 4 rings (SSSR count). The fourth-order valence-electron chi connectivity index (χ4n) is 4.27. The maximum Gasteiger partial charge on any atom is 0.224 e. The number of hydrogen-bond donors (Lipinski definition) is 0. The lowest BCUT2D eigenvalue weighted by Crippen LogP contribution is -2.46. The zero-order chi connectivity index (χ0) is 20.2. The Bertz CT molecular complexity index is 844. The van der Waals surface area contributed by atoms with Crippen molar-refractivity contribution < 1.29 is 13.9 Å². The number of amides is 1. The summed E-state index contributed by atoms with van der Waals surface area (Å²) in [5.41, 5.74) is 3.16. The number of fused-ring (bicyclic) bond motifs is 1. The summed E-state index contributed by atoms with van der Waals surface area (Å²) < 4.78 is 19.4. The number of likely N-dealkylation sites (tertiary alicyclic amines) is 1. The molecule has 1 saturated heterocycles. The van der Waals surface area contributed by atoms with Crippen LogP contribution in [0.25, 0.3) is 0 Å². The van der Waals surface area contributed by atoms with E-state index in [0.717, 1.165) is 48.5 Å². The first kappa shape index (κ1) is 19.7. The number of hydrogen-bond acceptors (Lipinski definition) is 3. The molecule has 4 nitrogen and oxygen atoms in total. The van der Waals surface area contributed by atoms with Gasteiger partial charge in [0.2, 0.25) is 5.91 Å². The minimum atomic E-state index is -0.236. The van der Waals surface area contributed by atoms with E-state index in [1.807, 2.05) is 30.0 Å². The Morgan fingerprint density at radius 3 is 2.52 bits per heavy atom. The fourth-order valence-corrected chi connectivity index (χ4v) is 4.27. The fraction of sp³-hybridized carbons (Fsp3) is 0.458. The maximum atomic E-state index is 13.4. The van der Waals surface area contributed by atoms with Gasteiger partial charge in [0.05, 0.1) is 18.2 Å². The third kappa shape index (κ3) is 4.72. The number of halogens is 1. The van der Waals surface area contributed by atoms with Crippen molar-refractivity contribution >= 4 is 11.6 Å². The highest BCUT2D eigenvalue weighted by Crippen LogP contribution is 2.36. The van der Waals surface area contributed by atoms with Crippen molar-refractivity contribution in [3.63, 3.8) is 0 Å². The standard InChI is InChI=1S/C24H29FN2O2/c1-18-6-11-22-23(14-18)29-17-21(15-24(28)26-12-4-2-3-5-13-26)27(22)16-19-7-9-20(25)10-8-19/h6-11,14,21H,2-5,12-13,15-17H2,1H3. The van der Waals surface area contributed by atoms with Crippen LogP contribution >= 0.6 is 0 Å². The summed E-state index contributed by atoms with van der Waals surface area (Å²) in [7, 11) is 0. The Morgan fingerprint density at radius 1 is 1.07 bits per heavy atom. The average Bonchev–Trinajstić information content (AvgIpc) is 3.01. The van der Waals surface area contributed by atoms with Crippen molar-refractivity contribution in [3.05, 3.63) is 59.4 Å². The van der Waals surface area contributed by atoms with Crippen molar-refractivity contribution in [1.29, 1.82) is 0 Å². The van der Waals surface area contributed by atoms with Crippen LogP contribution in [0.4, 0.5) is 10.1 Å². The zero-order valence-corrected chi connectivity index (χ0v) is 17.1. The van der Waals surface area contributed by atoms with Crippen LogP contribution < -0.4 is 9.64 Å². The monoisotopic (exact) mass is 396 g/mol. The average molecular weight is 397 g/mol. The molecule has 1 unspecified atom stereocenters. The molecule has 0 aromatic heterocycles. The van der Waals surface area contributed by atoms with Gasteiger partial charge in [0.25, 0.3) is 0 Å². The SMILES string of the molecule is Cc1ccc2c(c1)OCC(CC(=O)N1CCCCCC1)N2Cc1ccc(F)cc1. The van der Waals surface area contributed by atoms with Crippen LogP contribution in [0.5, 0.6) is 5.75 Å². The van der Waals surface area contributed by atoms with E-state index in [9.17, 15) is 9.18 Å². The van der Waals surface area contributed by atoms with E-state index in [4.69, 9.17) is 4.74 Å². The molecular formula is C24H29FN2O2. The molecule has 154 valence electrons. The van der Waals surface area contributed by atoms with Gasteiger partial charge in [-0.3, -0.25) is 4.79 Å². The van der Waals surface area contributed by atoms with Crippen molar-refractivity contribution in [2.45, 2.75) is 51.6 Å². The van der Waals surface area contributed by atoms with Crippen LogP contribution in [0.2, 0.25) is 0 Å². The van der Waals surface area contributed by atoms with E-state index in [1.165, 1.54) is 25.0 Å². The first-order chi connectivity index (χ1) is 14.1. The van der Waals surface area contributed by atoms with Gasteiger partial charge in [-0.05, 0) is 55.2 Å².